The fraction of sp³-hybridized carbons (Fsp3) is 0.179. The number of rotatable bonds is 9. The second-order valence-corrected chi connectivity index (χ2v) is 8.93. The molecule has 6 heteroatoms. The van der Waals surface area contributed by atoms with Crippen molar-refractivity contribution < 1.29 is 4.79 Å². The van der Waals surface area contributed by atoms with Gasteiger partial charge in [-0.15, -0.1) is 0 Å². The minimum atomic E-state index is -0.0864. The largest absolute Gasteiger partial charge is 0.352 e. The van der Waals surface area contributed by atoms with Gasteiger partial charge in [0.25, 0.3) is 11.5 Å². The van der Waals surface area contributed by atoms with Gasteiger partial charge in [0.1, 0.15) is 0 Å². The fourth-order valence-electron chi connectivity index (χ4n) is 3.58. The first-order chi connectivity index (χ1) is 16.6. The Morgan fingerprint density at radius 3 is 2.44 bits per heavy atom. The van der Waals surface area contributed by atoms with Crippen LogP contribution in [0.3, 0.4) is 0 Å². The van der Waals surface area contributed by atoms with Gasteiger partial charge in [-0.3, -0.25) is 14.2 Å². The first-order valence-electron chi connectivity index (χ1n) is 11.3. The second kappa shape index (κ2) is 11.0. The maximum atomic E-state index is 13.4. The molecule has 1 N–H and O–H groups in total. The van der Waals surface area contributed by atoms with Gasteiger partial charge >= 0.3 is 0 Å². The summed E-state index contributed by atoms with van der Waals surface area (Å²) in [6.07, 6.45) is 2.71. The standard InChI is InChI=1S/C28H27N3O2S/c1-3-17-29-26(32)23-15-13-21(14-16-23)18-31-27(33)24-7-5-6-8-25(24)30-28(31)34-19-22-11-9-20(4-2)10-12-22/h4-16H,2-3,17-19H2,1H3,(H,29,32). The summed E-state index contributed by atoms with van der Waals surface area (Å²) in [6, 6.07) is 23.0. The molecule has 0 saturated carbocycles. The predicted molar refractivity (Wildman–Crippen MR) is 140 cm³/mol. The van der Waals surface area contributed by atoms with Gasteiger partial charge in [0.2, 0.25) is 0 Å². The smallest absolute Gasteiger partial charge is 0.262 e. The molecule has 172 valence electrons. The van der Waals surface area contributed by atoms with Crippen LogP contribution in [0.5, 0.6) is 0 Å². The van der Waals surface area contributed by atoms with E-state index in [1.54, 1.807) is 28.5 Å². The Hall–Kier alpha value is -3.64. The highest BCUT2D eigenvalue weighted by Gasteiger charge is 2.13. The topological polar surface area (TPSA) is 64.0 Å². The molecule has 0 unspecified atom stereocenters. The van der Waals surface area contributed by atoms with E-state index in [-0.39, 0.29) is 11.5 Å². The zero-order valence-electron chi connectivity index (χ0n) is 19.2. The number of hydrogen-bond donors (Lipinski definition) is 1. The fourth-order valence-corrected chi connectivity index (χ4v) is 4.53. The molecule has 0 aliphatic heterocycles. The summed E-state index contributed by atoms with van der Waals surface area (Å²) in [7, 11) is 0. The highest BCUT2D eigenvalue weighted by molar-refractivity contribution is 7.98. The van der Waals surface area contributed by atoms with Crippen molar-refractivity contribution in [3.8, 4) is 0 Å². The molecule has 5 nitrogen and oxygen atoms in total. The number of carbonyl (C=O) groups excluding carboxylic acids is 1. The summed E-state index contributed by atoms with van der Waals surface area (Å²) < 4.78 is 1.72. The van der Waals surface area contributed by atoms with Crippen molar-refractivity contribution in [1.29, 1.82) is 0 Å². The van der Waals surface area contributed by atoms with Crippen molar-refractivity contribution in [3.05, 3.63) is 112 Å². The van der Waals surface area contributed by atoms with E-state index in [0.29, 0.717) is 40.5 Å². The summed E-state index contributed by atoms with van der Waals surface area (Å²) in [5, 5.41) is 4.15. The molecule has 0 aliphatic carbocycles. The lowest BCUT2D eigenvalue weighted by Gasteiger charge is -2.14. The first-order valence-corrected chi connectivity index (χ1v) is 12.3. The quantitative estimate of drug-likeness (QED) is 0.259. The summed E-state index contributed by atoms with van der Waals surface area (Å²) in [6.45, 7) is 6.84. The number of benzene rings is 3. The van der Waals surface area contributed by atoms with Crippen molar-refractivity contribution in [2.24, 2.45) is 0 Å². The Labute approximate surface area is 203 Å². The number of thioether (sulfide) groups is 1. The van der Waals surface area contributed by atoms with Gasteiger partial charge in [-0.05, 0) is 47.4 Å². The SMILES string of the molecule is C=Cc1ccc(CSc2nc3ccccc3c(=O)n2Cc2ccc(C(=O)NCCC)cc2)cc1. The van der Waals surface area contributed by atoms with E-state index in [9.17, 15) is 9.59 Å². The van der Waals surface area contributed by atoms with Gasteiger partial charge in [-0.1, -0.05) is 79.9 Å². The van der Waals surface area contributed by atoms with Gasteiger partial charge < -0.3 is 5.32 Å². The molecule has 0 atom stereocenters. The van der Waals surface area contributed by atoms with Crippen LogP contribution in [-0.2, 0) is 12.3 Å². The zero-order valence-corrected chi connectivity index (χ0v) is 20.0. The summed E-state index contributed by atoms with van der Waals surface area (Å²) in [4.78, 5) is 30.4. The van der Waals surface area contributed by atoms with E-state index in [1.165, 1.54) is 0 Å². The van der Waals surface area contributed by atoms with Crippen molar-refractivity contribution >= 4 is 34.6 Å². The average Bonchev–Trinajstić information content (AvgIpc) is 2.88. The van der Waals surface area contributed by atoms with Crippen molar-refractivity contribution in [2.75, 3.05) is 6.54 Å². The molecule has 3 aromatic carbocycles. The maximum absolute atomic E-state index is 13.4. The van der Waals surface area contributed by atoms with Crippen LogP contribution < -0.4 is 10.9 Å². The lowest BCUT2D eigenvalue weighted by atomic mass is 10.1. The van der Waals surface area contributed by atoms with E-state index in [1.807, 2.05) is 61.5 Å². The molecule has 4 rings (SSSR count). The molecule has 4 aromatic rings. The van der Waals surface area contributed by atoms with E-state index in [2.05, 4.69) is 24.0 Å². The summed E-state index contributed by atoms with van der Waals surface area (Å²) >= 11 is 1.54. The van der Waals surface area contributed by atoms with Gasteiger partial charge in [-0.25, -0.2) is 4.98 Å². The van der Waals surface area contributed by atoms with Crippen molar-refractivity contribution in [1.82, 2.24) is 14.9 Å². The van der Waals surface area contributed by atoms with Gasteiger partial charge in [0.05, 0.1) is 17.4 Å². The van der Waals surface area contributed by atoms with Gasteiger partial charge in [0, 0.05) is 17.9 Å². The predicted octanol–water partition coefficient (Wildman–Crippen LogP) is 5.52. The third-order valence-corrected chi connectivity index (χ3v) is 6.55. The van der Waals surface area contributed by atoms with E-state index in [4.69, 9.17) is 4.98 Å². The summed E-state index contributed by atoms with van der Waals surface area (Å²) in [5.74, 6) is 0.607. The third kappa shape index (κ3) is 5.46. The number of para-hydroxylation sites is 1. The molecule has 1 amide bonds. The molecule has 0 saturated heterocycles. The van der Waals surface area contributed by atoms with Crippen LogP contribution in [0.15, 0.2) is 89.3 Å². The monoisotopic (exact) mass is 469 g/mol. The van der Waals surface area contributed by atoms with Crippen LogP contribution in [0.2, 0.25) is 0 Å². The molecule has 0 fully saturated rings. The van der Waals surface area contributed by atoms with Crippen LogP contribution in [-0.4, -0.2) is 22.0 Å². The van der Waals surface area contributed by atoms with E-state index < -0.39 is 0 Å². The van der Waals surface area contributed by atoms with Crippen LogP contribution in [0.1, 0.15) is 40.4 Å². The number of nitrogens with zero attached hydrogens (tertiary/aromatic N) is 2. The third-order valence-electron chi connectivity index (χ3n) is 5.50. The molecule has 0 spiro atoms. The lowest BCUT2D eigenvalue weighted by Crippen LogP contribution is -2.25. The molecule has 1 aromatic heterocycles. The number of nitrogens with one attached hydrogen (secondary N) is 1. The van der Waals surface area contributed by atoms with Crippen LogP contribution in [0.4, 0.5) is 0 Å². The Kier molecular flexibility index (Phi) is 7.60. The van der Waals surface area contributed by atoms with Gasteiger partial charge in [-0.2, -0.15) is 0 Å². The number of fused-ring (bicyclic) bond motifs is 1. The molecule has 1 heterocycles. The van der Waals surface area contributed by atoms with Crippen molar-refractivity contribution in [3.63, 3.8) is 0 Å². The molecule has 34 heavy (non-hydrogen) atoms. The van der Waals surface area contributed by atoms with Crippen LogP contribution in [0, 0.1) is 0 Å². The first kappa shape index (κ1) is 23.5. The molecule has 0 radical (unpaired) electrons. The Morgan fingerprint density at radius 1 is 1.03 bits per heavy atom. The second-order valence-electron chi connectivity index (χ2n) is 7.99. The number of aromatic nitrogens is 2. The average molecular weight is 470 g/mol. The Morgan fingerprint density at radius 2 is 1.74 bits per heavy atom. The maximum Gasteiger partial charge on any atom is 0.262 e. The normalized spacial score (nSPS) is 10.9. The number of hydrogen-bond acceptors (Lipinski definition) is 4. The lowest BCUT2D eigenvalue weighted by molar-refractivity contribution is 0.0953. The molecule has 0 bridgehead atoms. The minimum Gasteiger partial charge on any atom is -0.352 e. The van der Waals surface area contributed by atoms with E-state index in [0.717, 1.165) is 23.1 Å². The Balaban J connectivity index is 1.62. The molecular formula is C28H27N3O2S. The molecule has 0 aliphatic rings. The molecular weight excluding hydrogens is 442 g/mol. The van der Waals surface area contributed by atoms with Crippen LogP contribution >= 0.6 is 11.8 Å². The zero-order chi connectivity index (χ0) is 23.9. The Bertz CT molecular complexity index is 1360. The minimum absolute atomic E-state index is 0.0696. The summed E-state index contributed by atoms with van der Waals surface area (Å²) in [5.41, 5.74) is 4.38. The number of carbonyl (C=O) groups is 1. The van der Waals surface area contributed by atoms with Crippen LogP contribution in [0.25, 0.3) is 17.0 Å². The highest BCUT2D eigenvalue weighted by Crippen LogP contribution is 2.23. The van der Waals surface area contributed by atoms with Crippen molar-refractivity contribution in [2.45, 2.75) is 30.8 Å². The number of amides is 1. The van der Waals surface area contributed by atoms with Gasteiger partial charge in [0.15, 0.2) is 5.16 Å². The highest BCUT2D eigenvalue weighted by atomic mass is 32.2. The van der Waals surface area contributed by atoms with E-state index >= 15 is 0 Å².